The lowest BCUT2D eigenvalue weighted by Crippen LogP contribution is -2.22. The van der Waals surface area contributed by atoms with Crippen LogP contribution in [0, 0.1) is 6.92 Å². The van der Waals surface area contributed by atoms with Crippen LogP contribution in [0.15, 0.2) is 65.2 Å². The number of rotatable bonds is 6. The van der Waals surface area contributed by atoms with Crippen LogP contribution in [0.2, 0.25) is 0 Å². The Morgan fingerprint density at radius 3 is 2.58 bits per heavy atom. The minimum atomic E-state index is -0.00561. The van der Waals surface area contributed by atoms with Crippen molar-refractivity contribution in [1.29, 1.82) is 0 Å². The summed E-state index contributed by atoms with van der Waals surface area (Å²) in [6.45, 7) is 2.59. The molecular weight excluding hydrogens is 300 g/mol. The van der Waals surface area contributed by atoms with Gasteiger partial charge in [-0.2, -0.15) is 0 Å². The maximum atomic E-state index is 11.9. The summed E-state index contributed by atoms with van der Waals surface area (Å²) >= 11 is 0. The third kappa shape index (κ3) is 4.32. The van der Waals surface area contributed by atoms with Gasteiger partial charge in [-0.05, 0) is 12.5 Å². The van der Waals surface area contributed by atoms with Gasteiger partial charge in [-0.1, -0.05) is 60.2 Å². The molecule has 0 bridgehead atoms. The van der Waals surface area contributed by atoms with Crippen molar-refractivity contribution in [3.05, 3.63) is 77.8 Å². The Labute approximate surface area is 141 Å². The van der Waals surface area contributed by atoms with E-state index < -0.39 is 0 Å². The van der Waals surface area contributed by atoms with Crippen LogP contribution < -0.4 is 5.32 Å². The Balaban J connectivity index is 1.50. The lowest BCUT2D eigenvalue weighted by molar-refractivity contribution is -0.121. The number of nitrogens with zero attached hydrogens (tertiary/aromatic N) is 1. The maximum absolute atomic E-state index is 11.9. The van der Waals surface area contributed by atoms with Crippen LogP contribution in [0.5, 0.6) is 0 Å². The van der Waals surface area contributed by atoms with Gasteiger partial charge >= 0.3 is 0 Å². The first-order valence-corrected chi connectivity index (χ1v) is 8.03. The maximum Gasteiger partial charge on any atom is 0.220 e. The fraction of sp³-hybridized carbons (Fsp3) is 0.200. The molecule has 24 heavy (non-hydrogen) atoms. The van der Waals surface area contributed by atoms with Crippen LogP contribution in [-0.4, -0.2) is 10.9 Å². The van der Waals surface area contributed by atoms with Crippen molar-refractivity contribution in [1.82, 2.24) is 10.3 Å². The van der Waals surface area contributed by atoms with E-state index in [1.807, 2.05) is 61.5 Å². The zero-order chi connectivity index (χ0) is 16.8. The van der Waals surface area contributed by atoms with Gasteiger partial charge in [-0.25, -0.2) is 4.98 Å². The van der Waals surface area contributed by atoms with Crippen molar-refractivity contribution in [2.45, 2.75) is 26.3 Å². The van der Waals surface area contributed by atoms with E-state index in [1.54, 1.807) is 6.20 Å². The molecule has 3 aromatic rings. The summed E-state index contributed by atoms with van der Waals surface area (Å²) in [4.78, 5) is 16.2. The molecule has 0 aliphatic rings. The molecule has 3 rings (SSSR count). The molecule has 0 saturated carbocycles. The van der Waals surface area contributed by atoms with Crippen LogP contribution in [0.4, 0.5) is 0 Å². The minimum Gasteiger partial charge on any atom is -0.441 e. The molecule has 1 N–H and O–H groups in total. The average molecular weight is 320 g/mol. The molecule has 0 aliphatic carbocycles. The molecule has 0 fully saturated rings. The minimum absolute atomic E-state index is 0.00561. The highest BCUT2D eigenvalue weighted by molar-refractivity contribution is 5.76. The lowest BCUT2D eigenvalue weighted by atomic mass is 10.1. The Morgan fingerprint density at radius 1 is 1.08 bits per heavy atom. The van der Waals surface area contributed by atoms with E-state index in [0.29, 0.717) is 25.3 Å². The van der Waals surface area contributed by atoms with Crippen molar-refractivity contribution in [3.63, 3.8) is 0 Å². The number of aromatic nitrogens is 1. The van der Waals surface area contributed by atoms with Crippen LogP contribution in [-0.2, 0) is 17.8 Å². The van der Waals surface area contributed by atoms with E-state index in [1.165, 1.54) is 5.56 Å². The van der Waals surface area contributed by atoms with Crippen LogP contribution in [0.1, 0.15) is 23.4 Å². The summed E-state index contributed by atoms with van der Waals surface area (Å²) in [6, 6.07) is 17.9. The van der Waals surface area contributed by atoms with E-state index in [0.717, 1.165) is 16.9 Å². The van der Waals surface area contributed by atoms with Crippen molar-refractivity contribution in [2.24, 2.45) is 0 Å². The zero-order valence-electron chi connectivity index (χ0n) is 13.7. The van der Waals surface area contributed by atoms with Gasteiger partial charge in [0.2, 0.25) is 5.91 Å². The first-order valence-electron chi connectivity index (χ1n) is 8.03. The quantitative estimate of drug-likeness (QED) is 0.749. The van der Waals surface area contributed by atoms with Crippen molar-refractivity contribution in [3.8, 4) is 11.3 Å². The van der Waals surface area contributed by atoms with Crippen LogP contribution in [0.3, 0.4) is 0 Å². The highest BCUT2D eigenvalue weighted by Gasteiger charge is 2.09. The topological polar surface area (TPSA) is 55.1 Å². The molecule has 2 aromatic carbocycles. The summed E-state index contributed by atoms with van der Waals surface area (Å²) < 4.78 is 5.73. The lowest BCUT2D eigenvalue weighted by Gasteiger charge is -2.04. The molecule has 0 atom stereocenters. The molecule has 4 nitrogen and oxygen atoms in total. The predicted octanol–water partition coefficient (Wildman–Crippen LogP) is 3.90. The highest BCUT2D eigenvalue weighted by atomic mass is 16.4. The van der Waals surface area contributed by atoms with Gasteiger partial charge in [-0.15, -0.1) is 0 Å². The molecule has 122 valence electrons. The highest BCUT2D eigenvalue weighted by Crippen LogP contribution is 2.21. The molecule has 1 heterocycles. The van der Waals surface area contributed by atoms with Crippen molar-refractivity contribution < 1.29 is 9.21 Å². The van der Waals surface area contributed by atoms with Crippen molar-refractivity contribution in [2.75, 3.05) is 0 Å². The Kier molecular flexibility index (Phi) is 5.06. The third-order valence-electron chi connectivity index (χ3n) is 3.79. The van der Waals surface area contributed by atoms with Gasteiger partial charge in [0.1, 0.15) is 0 Å². The van der Waals surface area contributed by atoms with Gasteiger partial charge in [-0.3, -0.25) is 4.79 Å². The fourth-order valence-electron chi connectivity index (χ4n) is 2.38. The number of amides is 1. The number of carbonyl (C=O) groups is 1. The third-order valence-corrected chi connectivity index (χ3v) is 3.79. The molecule has 0 radical (unpaired) electrons. The summed E-state index contributed by atoms with van der Waals surface area (Å²) in [5.41, 5.74) is 3.28. The SMILES string of the molecule is Cc1ccc(-c2cnc(CCC(=O)NCc3ccccc3)o2)cc1. The molecule has 0 spiro atoms. The summed E-state index contributed by atoms with van der Waals surface area (Å²) in [7, 11) is 0. The number of oxazole rings is 1. The first-order chi connectivity index (χ1) is 11.7. The van der Waals surface area contributed by atoms with Gasteiger partial charge in [0.25, 0.3) is 0 Å². The van der Waals surface area contributed by atoms with Gasteiger partial charge in [0.05, 0.1) is 6.20 Å². The number of benzene rings is 2. The Bertz CT molecular complexity index is 792. The van der Waals surface area contributed by atoms with E-state index in [9.17, 15) is 4.79 Å². The molecule has 0 unspecified atom stereocenters. The molecule has 1 aromatic heterocycles. The standard InChI is InChI=1S/C20H20N2O2/c1-15-7-9-17(10-8-15)18-14-22-20(24-18)12-11-19(23)21-13-16-5-3-2-4-6-16/h2-10,14H,11-13H2,1H3,(H,21,23). The Morgan fingerprint density at radius 2 is 1.83 bits per heavy atom. The number of nitrogens with one attached hydrogen (secondary N) is 1. The second kappa shape index (κ2) is 7.59. The normalized spacial score (nSPS) is 10.5. The second-order valence-corrected chi connectivity index (χ2v) is 5.75. The number of hydrogen-bond acceptors (Lipinski definition) is 3. The zero-order valence-corrected chi connectivity index (χ0v) is 13.7. The summed E-state index contributed by atoms with van der Waals surface area (Å²) in [5.74, 6) is 1.31. The second-order valence-electron chi connectivity index (χ2n) is 5.75. The van der Waals surface area contributed by atoms with E-state index in [4.69, 9.17) is 4.42 Å². The largest absolute Gasteiger partial charge is 0.441 e. The number of hydrogen-bond donors (Lipinski definition) is 1. The predicted molar refractivity (Wildman–Crippen MR) is 93.3 cm³/mol. The van der Waals surface area contributed by atoms with Crippen molar-refractivity contribution >= 4 is 5.91 Å². The molecule has 0 aliphatic heterocycles. The summed E-state index contributed by atoms with van der Waals surface area (Å²) in [6.07, 6.45) is 2.56. The van der Waals surface area contributed by atoms with Gasteiger partial charge in [0, 0.05) is 24.9 Å². The Hall–Kier alpha value is -2.88. The summed E-state index contributed by atoms with van der Waals surface area (Å²) in [5, 5.41) is 2.91. The number of aryl methyl sites for hydroxylation is 2. The van der Waals surface area contributed by atoms with E-state index >= 15 is 0 Å². The van der Waals surface area contributed by atoms with E-state index in [2.05, 4.69) is 10.3 Å². The molecule has 4 heteroatoms. The number of carbonyl (C=O) groups excluding carboxylic acids is 1. The molecule has 0 saturated heterocycles. The van der Waals surface area contributed by atoms with E-state index in [-0.39, 0.29) is 5.91 Å². The van der Waals surface area contributed by atoms with Crippen LogP contribution in [0.25, 0.3) is 11.3 Å². The van der Waals surface area contributed by atoms with Gasteiger partial charge < -0.3 is 9.73 Å². The molecular formula is C20H20N2O2. The first kappa shape index (κ1) is 16.0. The van der Waals surface area contributed by atoms with Gasteiger partial charge in [0.15, 0.2) is 11.7 Å². The van der Waals surface area contributed by atoms with Crippen LogP contribution >= 0.6 is 0 Å². The fourth-order valence-corrected chi connectivity index (χ4v) is 2.38. The molecule has 1 amide bonds. The smallest absolute Gasteiger partial charge is 0.220 e. The monoisotopic (exact) mass is 320 g/mol. The average Bonchev–Trinajstić information content (AvgIpc) is 3.09.